The smallest absolute Gasteiger partial charge is 0.245 e. The van der Waals surface area contributed by atoms with Crippen LogP contribution in [0, 0.1) is 5.92 Å². The molecule has 3 fully saturated rings. The van der Waals surface area contributed by atoms with E-state index in [1.807, 2.05) is 0 Å². The summed E-state index contributed by atoms with van der Waals surface area (Å²) in [6, 6.07) is 0. The fourth-order valence-electron chi connectivity index (χ4n) is 3.23. The zero-order valence-electron chi connectivity index (χ0n) is 11.9. The topological polar surface area (TPSA) is 85.5 Å². The minimum Gasteiger partial charge on any atom is -0.422 e. The van der Waals surface area contributed by atoms with Gasteiger partial charge in [0.1, 0.15) is 6.10 Å². The molecule has 0 unspecified atom stereocenters. The van der Waals surface area contributed by atoms with Crippen molar-refractivity contribution in [2.45, 2.75) is 43.8 Å². The van der Waals surface area contributed by atoms with Crippen LogP contribution < -0.4 is 0 Å². The first-order chi connectivity index (χ1) is 10.0. The first-order valence-corrected chi connectivity index (χ1v) is 9.29. The van der Waals surface area contributed by atoms with E-state index in [2.05, 4.69) is 10.2 Å². The van der Waals surface area contributed by atoms with Crippen LogP contribution in [0.5, 0.6) is 0 Å². The van der Waals surface area contributed by atoms with Crippen molar-refractivity contribution in [2.75, 3.05) is 19.3 Å². The molecule has 7 nitrogen and oxygen atoms in total. The molecule has 0 N–H and O–H groups in total. The van der Waals surface area contributed by atoms with Crippen LogP contribution in [-0.4, -0.2) is 48.4 Å². The summed E-state index contributed by atoms with van der Waals surface area (Å²) in [6.07, 6.45) is 4.93. The van der Waals surface area contributed by atoms with Gasteiger partial charge in [-0.3, -0.25) is 0 Å². The monoisotopic (exact) mass is 313 g/mol. The molecular weight excluding hydrogens is 294 g/mol. The zero-order chi connectivity index (χ0) is 14.6. The molecule has 21 heavy (non-hydrogen) atoms. The van der Waals surface area contributed by atoms with Gasteiger partial charge in [-0.15, -0.1) is 10.2 Å². The van der Waals surface area contributed by atoms with Crippen molar-refractivity contribution in [1.29, 1.82) is 0 Å². The highest BCUT2D eigenvalue weighted by atomic mass is 32.2. The summed E-state index contributed by atoms with van der Waals surface area (Å²) in [6.45, 7) is 1.01. The molecule has 3 heterocycles. The molecule has 116 valence electrons. The van der Waals surface area contributed by atoms with Gasteiger partial charge < -0.3 is 9.15 Å². The lowest BCUT2D eigenvalue weighted by molar-refractivity contribution is -0.000283. The molecule has 0 amide bonds. The van der Waals surface area contributed by atoms with Crippen LogP contribution in [0.25, 0.3) is 0 Å². The Bertz CT molecular complexity index is 640. The number of nitrogens with zero attached hydrogens (tertiary/aromatic N) is 3. The second-order valence-corrected chi connectivity index (χ2v) is 8.30. The van der Waals surface area contributed by atoms with Crippen LogP contribution in [-0.2, 0) is 14.8 Å². The number of fused-ring (bicyclic) bond motifs is 1. The van der Waals surface area contributed by atoms with Crippen LogP contribution in [0.4, 0.5) is 0 Å². The standard InChI is InChI=1S/C13H19N3O4S/c1-21(17,18)16-5-4-9-6-10(19-11(9)7-16)13-15-14-12(20-13)8-2-3-8/h8-11H,2-7H2,1H3/t9-,10-,11+/m0/s1. The van der Waals surface area contributed by atoms with E-state index >= 15 is 0 Å². The highest BCUT2D eigenvalue weighted by molar-refractivity contribution is 7.88. The average Bonchev–Trinajstić information content (AvgIpc) is 3.02. The first-order valence-electron chi connectivity index (χ1n) is 7.44. The number of hydrogen-bond acceptors (Lipinski definition) is 6. The SMILES string of the molecule is CS(=O)(=O)N1CC[C@H]2C[C@@H](c3nnc(C4CC4)o3)O[C@@H]2C1. The van der Waals surface area contributed by atoms with Crippen molar-refractivity contribution in [3.8, 4) is 0 Å². The van der Waals surface area contributed by atoms with E-state index in [9.17, 15) is 8.42 Å². The molecule has 1 aromatic rings. The van der Waals surface area contributed by atoms with Crippen molar-refractivity contribution in [3.05, 3.63) is 11.8 Å². The summed E-state index contributed by atoms with van der Waals surface area (Å²) >= 11 is 0. The van der Waals surface area contributed by atoms with E-state index < -0.39 is 10.0 Å². The fourth-order valence-corrected chi connectivity index (χ4v) is 4.09. The lowest BCUT2D eigenvalue weighted by atomic mass is 9.93. The van der Waals surface area contributed by atoms with E-state index in [1.54, 1.807) is 0 Å². The van der Waals surface area contributed by atoms with Gasteiger partial charge in [-0.25, -0.2) is 8.42 Å². The number of sulfonamides is 1. The van der Waals surface area contributed by atoms with Crippen LogP contribution in [0.15, 0.2) is 4.42 Å². The molecule has 3 atom stereocenters. The Morgan fingerprint density at radius 1 is 1.19 bits per heavy atom. The quantitative estimate of drug-likeness (QED) is 0.829. The predicted octanol–water partition coefficient (Wildman–Crippen LogP) is 1.06. The molecule has 3 aliphatic rings. The highest BCUT2D eigenvalue weighted by Crippen LogP contribution is 2.43. The van der Waals surface area contributed by atoms with Crippen LogP contribution >= 0.6 is 0 Å². The summed E-state index contributed by atoms with van der Waals surface area (Å²) in [4.78, 5) is 0. The van der Waals surface area contributed by atoms with Crippen molar-refractivity contribution in [1.82, 2.24) is 14.5 Å². The maximum absolute atomic E-state index is 11.6. The Labute approximate surface area is 123 Å². The van der Waals surface area contributed by atoms with Crippen molar-refractivity contribution >= 4 is 10.0 Å². The van der Waals surface area contributed by atoms with Crippen molar-refractivity contribution < 1.29 is 17.6 Å². The Hall–Kier alpha value is -0.990. The van der Waals surface area contributed by atoms with Gasteiger partial charge in [-0.05, 0) is 31.6 Å². The van der Waals surface area contributed by atoms with E-state index in [-0.39, 0.29) is 12.2 Å². The van der Waals surface area contributed by atoms with Gasteiger partial charge in [-0.2, -0.15) is 4.31 Å². The van der Waals surface area contributed by atoms with Gasteiger partial charge in [0, 0.05) is 19.0 Å². The van der Waals surface area contributed by atoms with Crippen LogP contribution in [0.1, 0.15) is 49.5 Å². The zero-order valence-corrected chi connectivity index (χ0v) is 12.8. The van der Waals surface area contributed by atoms with E-state index in [1.165, 1.54) is 10.6 Å². The van der Waals surface area contributed by atoms with Gasteiger partial charge >= 0.3 is 0 Å². The summed E-state index contributed by atoms with van der Waals surface area (Å²) in [5, 5.41) is 8.20. The number of rotatable bonds is 3. The molecule has 1 saturated carbocycles. The van der Waals surface area contributed by atoms with E-state index in [0.717, 1.165) is 31.6 Å². The maximum atomic E-state index is 11.6. The van der Waals surface area contributed by atoms with E-state index in [0.29, 0.717) is 30.8 Å². The molecule has 8 heteroatoms. The molecule has 0 aromatic carbocycles. The highest BCUT2D eigenvalue weighted by Gasteiger charge is 2.43. The van der Waals surface area contributed by atoms with Gasteiger partial charge in [0.15, 0.2) is 0 Å². The number of piperidine rings is 1. The third kappa shape index (κ3) is 2.60. The Balaban J connectivity index is 1.46. The summed E-state index contributed by atoms with van der Waals surface area (Å²) in [5.41, 5.74) is 0. The van der Waals surface area contributed by atoms with Gasteiger partial charge in [0.25, 0.3) is 0 Å². The largest absolute Gasteiger partial charge is 0.422 e. The van der Waals surface area contributed by atoms with Gasteiger partial charge in [0.05, 0.1) is 12.4 Å². The van der Waals surface area contributed by atoms with Crippen molar-refractivity contribution in [3.63, 3.8) is 0 Å². The minimum absolute atomic E-state index is 0.0604. The maximum Gasteiger partial charge on any atom is 0.245 e. The Morgan fingerprint density at radius 3 is 2.67 bits per heavy atom. The first kappa shape index (κ1) is 13.7. The van der Waals surface area contributed by atoms with Crippen LogP contribution in [0.3, 0.4) is 0 Å². The van der Waals surface area contributed by atoms with Crippen LogP contribution in [0.2, 0.25) is 0 Å². The Kier molecular flexibility index (Phi) is 3.09. The molecule has 1 aliphatic carbocycles. The van der Waals surface area contributed by atoms with E-state index in [4.69, 9.17) is 9.15 Å². The molecule has 2 aliphatic heterocycles. The fraction of sp³-hybridized carbons (Fsp3) is 0.846. The molecule has 0 bridgehead atoms. The molecule has 2 saturated heterocycles. The number of ether oxygens (including phenoxy) is 1. The lowest BCUT2D eigenvalue weighted by Gasteiger charge is -2.32. The normalized spacial score (nSPS) is 34.0. The number of hydrogen-bond donors (Lipinski definition) is 0. The summed E-state index contributed by atoms with van der Waals surface area (Å²) in [5.74, 6) is 2.10. The third-order valence-electron chi connectivity index (χ3n) is 4.64. The third-order valence-corrected chi connectivity index (χ3v) is 5.91. The van der Waals surface area contributed by atoms with Crippen molar-refractivity contribution in [2.24, 2.45) is 5.92 Å². The molecule has 0 radical (unpaired) electrons. The summed E-state index contributed by atoms with van der Waals surface area (Å²) < 4.78 is 36.5. The molecule has 0 spiro atoms. The predicted molar refractivity (Wildman–Crippen MR) is 73.0 cm³/mol. The second-order valence-electron chi connectivity index (χ2n) is 6.32. The minimum atomic E-state index is -3.14. The summed E-state index contributed by atoms with van der Waals surface area (Å²) in [7, 11) is -3.14. The number of aromatic nitrogens is 2. The van der Waals surface area contributed by atoms with Gasteiger partial charge in [0.2, 0.25) is 21.8 Å². The molecule has 4 rings (SSSR count). The Morgan fingerprint density at radius 2 is 1.95 bits per heavy atom. The second kappa shape index (κ2) is 4.76. The average molecular weight is 313 g/mol. The molecule has 1 aromatic heterocycles. The van der Waals surface area contributed by atoms with Gasteiger partial charge in [-0.1, -0.05) is 0 Å². The lowest BCUT2D eigenvalue weighted by Crippen LogP contribution is -2.44. The molecular formula is C13H19N3O4S.